The number of carbonyl (C=O) groups is 1. The Hall–Kier alpha value is -2.63. The Morgan fingerprint density at radius 2 is 2.04 bits per heavy atom. The van der Waals surface area contributed by atoms with Crippen molar-refractivity contribution in [2.24, 2.45) is 0 Å². The smallest absolute Gasteiger partial charge is 0.220 e. The Morgan fingerprint density at radius 1 is 1.27 bits per heavy atom. The van der Waals surface area contributed by atoms with Gasteiger partial charge >= 0.3 is 0 Å². The molecule has 0 spiro atoms. The van der Waals surface area contributed by atoms with Crippen molar-refractivity contribution in [3.8, 4) is 11.6 Å². The minimum absolute atomic E-state index is 0.00746. The number of ether oxygens (including phenoxy) is 1. The van der Waals surface area contributed by atoms with Crippen LogP contribution in [0.1, 0.15) is 49.8 Å². The van der Waals surface area contributed by atoms with Gasteiger partial charge in [0.1, 0.15) is 5.75 Å². The summed E-state index contributed by atoms with van der Waals surface area (Å²) in [5.41, 5.74) is 2.45. The lowest BCUT2D eigenvalue weighted by Crippen LogP contribution is -2.50. The fraction of sp³-hybridized carbons (Fsp3) is 0.450. The molecule has 6 heteroatoms. The second-order valence-electron chi connectivity index (χ2n) is 7.14. The molecule has 6 nitrogen and oxygen atoms in total. The number of fused-ring (bicyclic) bond motifs is 2. The average Bonchev–Trinajstić information content (AvgIpc) is 2.92. The number of nitrogens with zero attached hydrogens (tertiary/aromatic N) is 1. The summed E-state index contributed by atoms with van der Waals surface area (Å²) >= 11 is 0. The zero-order valence-corrected chi connectivity index (χ0v) is 15.2. The van der Waals surface area contributed by atoms with Crippen molar-refractivity contribution >= 4 is 11.6 Å². The highest BCUT2D eigenvalue weighted by Crippen LogP contribution is 2.47. The van der Waals surface area contributed by atoms with Gasteiger partial charge in [0.2, 0.25) is 5.91 Å². The summed E-state index contributed by atoms with van der Waals surface area (Å²) in [4.78, 5) is 17.7. The van der Waals surface area contributed by atoms with Crippen molar-refractivity contribution in [3.63, 3.8) is 0 Å². The van der Waals surface area contributed by atoms with E-state index in [0.29, 0.717) is 11.3 Å². The van der Waals surface area contributed by atoms with E-state index in [4.69, 9.17) is 4.74 Å². The van der Waals surface area contributed by atoms with Crippen LogP contribution in [0.5, 0.6) is 11.6 Å². The zero-order chi connectivity index (χ0) is 18.3. The van der Waals surface area contributed by atoms with E-state index >= 15 is 0 Å². The number of para-hydroxylation sites is 1. The number of aromatic hydroxyl groups is 1. The Bertz CT molecular complexity index is 816. The van der Waals surface area contributed by atoms with E-state index in [1.165, 1.54) is 0 Å². The molecule has 0 saturated heterocycles. The van der Waals surface area contributed by atoms with Gasteiger partial charge in [-0.25, -0.2) is 0 Å². The van der Waals surface area contributed by atoms with Crippen LogP contribution in [0.2, 0.25) is 0 Å². The van der Waals surface area contributed by atoms with Crippen molar-refractivity contribution < 1.29 is 14.6 Å². The van der Waals surface area contributed by atoms with Crippen LogP contribution in [-0.4, -0.2) is 40.1 Å². The first-order valence-electron chi connectivity index (χ1n) is 9.20. The number of amides is 1. The lowest BCUT2D eigenvalue weighted by Gasteiger charge is -2.41. The molecule has 0 bridgehead atoms. The molecule has 1 aromatic carbocycles. The van der Waals surface area contributed by atoms with Crippen LogP contribution >= 0.6 is 0 Å². The van der Waals surface area contributed by atoms with E-state index in [9.17, 15) is 9.90 Å². The van der Waals surface area contributed by atoms with Crippen LogP contribution in [0.4, 0.5) is 5.69 Å². The molecule has 2 aromatic rings. The fourth-order valence-corrected chi connectivity index (χ4v) is 4.58. The monoisotopic (exact) mass is 355 g/mol. The van der Waals surface area contributed by atoms with Crippen LogP contribution in [0.25, 0.3) is 0 Å². The molecule has 1 saturated carbocycles. The molecular weight excluding hydrogens is 330 g/mol. The van der Waals surface area contributed by atoms with E-state index < -0.39 is 6.04 Å². The Kier molecular flexibility index (Phi) is 4.26. The number of nitrogens with one attached hydrogen (secondary N) is 2. The summed E-state index contributed by atoms with van der Waals surface area (Å²) in [6, 6.07) is 7.59. The van der Waals surface area contributed by atoms with Crippen LogP contribution in [0.3, 0.4) is 0 Å². The molecule has 2 heterocycles. The number of rotatable bonds is 2. The molecule has 26 heavy (non-hydrogen) atoms. The van der Waals surface area contributed by atoms with E-state index in [-0.39, 0.29) is 23.9 Å². The van der Waals surface area contributed by atoms with Crippen molar-refractivity contribution in [2.75, 3.05) is 12.4 Å². The summed E-state index contributed by atoms with van der Waals surface area (Å²) in [5.74, 6) is 0.811. The van der Waals surface area contributed by atoms with E-state index in [2.05, 4.69) is 10.3 Å². The van der Waals surface area contributed by atoms with Gasteiger partial charge in [0.15, 0.2) is 5.88 Å². The third-order valence-electron chi connectivity index (χ3n) is 5.67. The number of hydrogen-bond donors (Lipinski definition) is 3. The molecule has 1 amide bonds. The van der Waals surface area contributed by atoms with Gasteiger partial charge in [-0.1, -0.05) is 31.0 Å². The summed E-state index contributed by atoms with van der Waals surface area (Å²) in [6.45, 7) is 1.61. The second kappa shape index (κ2) is 6.59. The molecule has 138 valence electrons. The van der Waals surface area contributed by atoms with Gasteiger partial charge in [-0.15, -0.1) is 0 Å². The van der Waals surface area contributed by atoms with Crippen LogP contribution < -0.4 is 10.1 Å². The molecule has 3 N–H and O–H groups in total. The number of methoxy groups -OCH3 is 1. The standard InChI is InChI=1S/C20H25N3O3/c1-12(24)23-16-9-5-4-8-14(16)22-15-11-21-20(25)18(15)19(23)13-7-3-6-10-17(13)26-2/h3,6-7,10-11,14,16,19,21-22,25H,4-5,8-9H2,1-2H3/t14-,16-,19+/m0/s1. The number of aromatic nitrogens is 1. The summed E-state index contributed by atoms with van der Waals surface area (Å²) < 4.78 is 5.58. The fourth-order valence-electron chi connectivity index (χ4n) is 4.58. The zero-order valence-electron chi connectivity index (χ0n) is 15.2. The number of hydrogen-bond acceptors (Lipinski definition) is 4. The van der Waals surface area contributed by atoms with Crippen LogP contribution in [0.15, 0.2) is 30.5 Å². The van der Waals surface area contributed by atoms with Crippen molar-refractivity contribution in [1.29, 1.82) is 0 Å². The number of benzene rings is 1. The van der Waals surface area contributed by atoms with Gasteiger partial charge < -0.3 is 25.0 Å². The largest absolute Gasteiger partial charge is 0.496 e. The molecule has 1 aliphatic carbocycles. The predicted molar refractivity (Wildman–Crippen MR) is 99.5 cm³/mol. The van der Waals surface area contributed by atoms with Gasteiger partial charge in [-0.2, -0.15) is 0 Å². The summed E-state index contributed by atoms with van der Waals surface area (Å²) in [5, 5.41) is 14.2. The first-order chi connectivity index (χ1) is 12.6. The maximum atomic E-state index is 12.8. The number of carbonyl (C=O) groups excluding carboxylic acids is 1. The van der Waals surface area contributed by atoms with Gasteiger partial charge in [0.05, 0.1) is 30.4 Å². The maximum absolute atomic E-state index is 12.8. The van der Waals surface area contributed by atoms with Gasteiger partial charge in [0.25, 0.3) is 0 Å². The molecule has 1 aliphatic heterocycles. The van der Waals surface area contributed by atoms with Gasteiger partial charge in [0, 0.05) is 24.7 Å². The molecule has 3 atom stereocenters. The average molecular weight is 355 g/mol. The predicted octanol–water partition coefficient (Wildman–Crippen LogP) is 3.40. The first-order valence-corrected chi connectivity index (χ1v) is 9.20. The van der Waals surface area contributed by atoms with E-state index in [1.807, 2.05) is 29.2 Å². The third kappa shape index (κ3) is 2.60. The van der Waals surface area contributed by atoms with Crippen LogP contribution in [-0.2, 0) is 4.79 Å². The summed E-state index contributed by atoms with van der Waals surface area (Å²) in [6.07, 6.45) is 6.01. The molecule has 0 radical (unpaired) electrons. The van der Waals surface area contributed by atoms with Crippen molar-refractivity contribution in [1.82, 2.24) is 9.88 Å². The molecule has 1 aromatic heterocycles. The SMILES string of the molecule is COc1ccccc1[C@@H]1c2c(c[nH]c2O)N[C@H]2CCCC[C@@H]2N1C(C)=O. The maximum Gasteiger partial charge on any atom is 0.220 e. The first kappa shape index (κ1) is 16.8. The lowest BCUT2D eigenvalue weighted by atomic mass is 9.87. The summed E-state index contributed by atoms with van der Waals surface area (Å²) in [7, 11) is 1.63. The molecule has 0 unspecified atom stereocenters. The number of aromatic amines is 1. The minimum Gasteiger partial charge on any atom is -0.496 e. The lowest BCUT2D eigenvalue weighted by molar-refractivity contribution is -0.134. The topological polar surface area (TPSA) is 77.6 Å². The van der Waals surface area contributed by atoms with E-state index in [1.54, 1.807) is 20.2 Å². The molecular formula is C20H25N3O3. The molecule has 4 rings (SSSR count). The van der Waals surface area contributed by atoms with Crippen molar-refractivity contribution in [2.45, 2.75) is 50.7 Å². The highest BCUT2D eigenvalue weighted by Gasteiger charge is 2.43. The number of H-pyrrole nitrogens is 1. The number of anilines is 1. The highest BCUT2D eigenvalue weighted by molar-refractivity contribution is 5.77. The Balaban J connectivity index is 1.94. The van der Waals surface area contributed by atoms with E-state index in [0.717, 1.165) is 36.9 Å². The van der Waals surface area contributed by atoms with Crippen LogP contribution in [0, 0.1) is 0 Å². The molecule has 2 aliphatic rings. The minimum atomic E-state index is -0.398. The second-order valence-corrected chi connectivity index (χ2v) is 7.14. The van der Waals surface area contributed by atoms with Gasteiger partial charge in [-0.05, 0) is 18.9 Å². The Labute approximate surface area is 153 Å². The highest BCUT2D eigenvalue weighted by atomic mass is 16.5. The third-order valence-corrected chi connectivity index (χ3v) is 5.67. The quantitative estimate of drug-likeness (QED) is 0.771. The van der Waals surface area contributed by atoms with Gasteiger partial charge in [-0.3, -0.25) is 4.79 Å². The normalized spacial score (nSPS) is 24.8. The van der Waals surface area contributed by atoms with Crippen molar-refractivity contribution in [3.05, 3.63) is 41.6 Å². The Morgan fingerprint density at radius 3 is 2.81 bits per heavy atom. The molecule has 1 fully saturated rings.